The summed E-state index contributed by atoms with van der Waals surface area (Å²) < 4.78 is 0. The molecule has 0 aliphatic heterocycles. The minimum atomic E-state index is 0.0509. The van der Waals surface area contributed by atoms with Gasteiger partial charge < -0.3 is 5.11 Å². The molecular formula is C9H16O. The molecule has 1 N–H and O–H groups in total. The molecule has 2 aliphatic rings. The van der Waals surface area contributed by atoms with Gasteiger partial charge in [0.15, 0.2) is 0 Å². The number of hydrogen-bond donors (Lipinski definition) is 1. The molecule has 4 atom stereocenters. The highest BCUT2D eigenvalue weighted by Gasteiger charge is 2.41. The van der Waals surface area contributed by atoms with E-state index in [1.807, 2.05) is 0 Å². The van der Waals surface area contributed by atoms with E-state index in [2.05, 4.69) is 6.92 Å². The summed E-state index contributed by atoms with van der Waals surface area (Å²) in [6.45, 7) is 2.34. The average Bonchev–Trinajstić information content (AvgIpc) is 2.41. The fraction of sp³-hybridized carbons (Fsp3) is 1.00. The maximum Gasteiger partial charge on any atom is 0.0571 e. The molecule has 10 heavy (non-hydrogen) atoms. The Hall–Kier alpha value is -0.0400. The van der Waals surface area contributed by atoms with Gasteiger partial charge in [-0.1, -0.05) is 13.3 Å². The van der Waals surface area contributed by atoms with Gasteiger partial charge in [0, 0.05) is 0 Å². The lowest BCUT2D eigenvalue weighted by Gasteiger charge is -2.14. The van der Waals surface area contributed by atoms with E-state index >= 15 is 0 Å². The number of fused-ring (bicyclic) bond motifs is 1. The molecule has 58 valence electrons. The molecule has 1 nitrogen and oxygen atoms in total. The molecule has 2 rings (SSSR count). The first-order valence-corrected chi connectivity index (χ1v) is 4.47. The van der Waals surface area contributed by atoms with Crippen molar-refractivity contribution in [2.24, 2.45) is 17.8 Å². The van der Waals surface area contributed by atoms with Crippen LogP contribution in [0.25, 0.3) is 0 Å². The monoisotopic (exact) mass is 140 g/mol. The quantitative estimate of drug-likeness (QED) is 0.544. The van der Waals surface area contributed by atoms with Crippen LogP contribution in [0.15, 0.2) is 0 Å². The standard InChI is InChI=1S/C9H16O/c1-6-2-3-8-7(6)4-5-9(8)10/h6-10H,2-5H2,1H3/t6-,7+,8-,9+/m1/s1. The molecule has 0 amide bonds. The highest BCUT2D eigenvalue weighted by molar-refractivity contribution is 4.92. The van der Waals surface area contributed by atoms with Gasteiger partial charge in [-0.3, -0.25) is 0 Å². The largest absolute Gasteiger partial charge is 0.393 e. The zero-order valence-electron chi connectivity index (χ0n) is 6.59. The van der Waals surface area contributed by atoms with E-state index in [1.165, 1.54) is 19.3 Å². The van der Waals surface area contributed by atoms with Crippen molar-refractivity contribution in [2.45, 2.75) is 38.7 Å². The minimum Gasteiger partial charge on any atom is -0.393 e. The van der Waals surface area contributed by atoms with Crippen molar-refractivity contribution in [3.05, 3.63) is 0 Å². The summed E-state index contributed by atoms with van der Waals surface area (Å²) >= 11 is 0. The van der Waals surface area contributed by atoms with Crippen LogP contribution < -0.4 is 0 Å². The Morgan fingerprint density at radius 1 is 1.00 bits per heavy atom. The van der Waals surface area contributed by atoms with Gasteiger partial charge in [-0.25, -0.2) is 0 Å². The maximum atomic E-state index is 9.52. The predicted octanol–water partition coefficient (Wildman–Crippen LogP) is 1.80. The highest BCUT2D eigenvalue weighted by Crippen LogP contribution is 2.47. The van der Waals surface area contributed by atoms with E-state index in [0.717, 1.165) is 18.3 Å². The smallest absolute Gasteiger partial charge is 0.0571 e. The lowest BCUT2D eigenvalue weighted by Crippen LogP contribution is -2.15. The minimum absolute atomic E-state index is 0.0509. The summed E-state index contributed by atoms with van der Waals surface area (Å²) in [4.78, 5) is 0. The van der Waals surface area contributed by atoms with E-state index in [9.17, 15) is 5.11 Å². The molecular weight excluding hydrogens is 124 g/mol. The van der Waals surface area contributed by atoms with Crippen molar-refractivity contribution in [3.63, 3.8) is 0 Å². The number of hydrogen-bond acceptors (Lipinski definition) is 1. The first kappa shape index (κ1) is 6.66. The molecule has 2 saturated carbocycles. The van der Waals surface area contributed by atoms with E-state index in [0.29, 0.717) is 5.92 Å². The predicted molar refractivity (Wildman–Crippen MR) is 40.6 cm³/mol. The molecule has 0 radical (unpaired) electrons. The summed E-state index contributed by atoms with van der Waals surface area (Å²) in [6, 6.07) is 0. The molecule has 0 aromatic rings. The Morgan fingerprint density at radius 2 is 1.70 bits per heavy atom. The van der Waals surface area contributed by atoms with Crippen LogP contribution in [-0.2, 0) is 0 Å². The number of aliphatic hydroxyl groups is 1. The molecule has 2 aliphatic carbocycles. The van der Waals surface area contributed by atoms with Gasteiger partial charge in [-0.05, 0) is 37.0 Å². The maximum absolute atomic E-state index is 9.52. The molecule has 0 aromatic heterocycles. The second kappa shape index (κ2) is 2.23. The zero-order valence-corrected chi connectivity index (χ0v) is 6.59. The van der Waals surface area contributed by atoms with Gasteiger partial charge in [-0.15, -0.1) is 0 Å². The Morgan fingerprint density at radius 3 is 2.40 bits per heavy atom. The summed E-state index contributed by atoms with van der Waals surface area (Å²) in [6.07, 6.45) is 5.04. The van der Waals surface area contributed by atoms with Crippen molar-refractivity contribution < 1.29 is 5.11 Å². The fourth-order valence-electron chi connectivity index (χ4n) is 2.86. The Kier molecular flexibility index (Phi) is 1.48. The van der Waals surface area contributed by atoms with Gasteiger partial charge in [0.25, 0.3) is 0 Å². The normalized spacial score (nSPS) is 53.4. The molecule has 1 heteroatoms. The summed E-state index contributed by atoms with van der Waals surface area (Å²) in [5, 5.41) is 9.52. The first-order valence-electron chi connectivity index (χ1n) is 4.47. The highest BCUT2D eigenvalue weighted by atomic mass is 16.3. The average molecular weight is 140 g/mol. The van der Waals surface area contributed by atoms with Crippen LogP contribution in [0.4, 0.5) is 0 Å². The molecule has 2 fully saturated rings. The van der Waals surface area contributed by atoms with Crippen molar-refractivity contribution in [3.8, 4) is 0 Å². The van der Waals surface area contributed by atoms with E-state index < -0.39 is 0 Å². The van der Waals surface area contributed by atoms with Crippen molar-refractivity contribution in [1.82, 2.24) is 0 Å². The molecule has 0 bridgehead atoms. The third-order valence-electron chi connectivity index (χ3n) is 3.53. The second-order valence-electron chi connectivity index (χ2n) is 4.03. The fourth-order valence-corrected chi connectivity index (χ4v) is 2.86. The molecule has 0 spiro atoms. The van der Waals surface area contributed by atoms with E-state index in [-0.39, 0.29) is 6.10 Å². The van der Waals surface area contributed by atoms with Crippen LogP contribution in [0.3, 0.4) is 0 Å². The Labute approximate surface area is 62.4 Å². The van der Waals surface area contributed by atoms with Crippen molar-refractivity contribution in [1.29, 1.82) is 0 Å². The summed E-state index contributed by atoms with van der Waals surface area (Å²) in [5.74, 6) is 2.44. The van der Waals surface area contributed by atoms with Crippen LogP contribution in [-0.4, -0.2) is 11.2 Å². The van der Waals surface area contributed by atoms with Crippen molar-refractivity contribution in [2.75, 3.05) is 0 Å². The SMILES string of the molecule is C[C@@H]1CC[C@@H]2[C@H]1CC[C@@H]2O. The molecule has 0 unspecified atom stereocenters. The lowest BCUT2D eigenvalue weighted by molar-refractivity contribution is 0.124. The van der Waals surface area contributed by atoms with Gasteiger partial charge >= 0.3 is 0 Å². The van der Waals surface area contributed by atoms with E-state index in [1.54, 1.807) is 0 Å². The zero-order chi connectivity index (χ0) is 7.14. The first-order chi connectivity index (χ1) is 4.79. The lowest BCUT2D eigenvalue weighted by atomic mass is 9.93. The molecule has 0 saturated heterocycles. The topological polar surface area (TPSA) is 20.2 Å². The molecule has 0 heterocycles. The van der Waals surface area contributed by atoms with Crippen LogP contribution >= 0.6 is 0 Å². The Balaban J connectivity index is 2.09. The van der Waals surface area contributed by atoms with Crippen LogP contribution in [0, 0.1) is 17.8 Å². The van der Waals surface area contributed by atoms with Gasteiger partial charge in [0.2, 0.25) is 0 Å². The number of aliphatic hydroxyl groups excluding tert-OH is 1. The van der Waals surface area contributed by atoms with Crippen LogP contribution in [0.5, 0.6) is 0 Å². The van der Waals surface area contributed by atoms with Crippen LogP contribution in [0.2, 0.25) is 0 Å². The third kappa shape index (κ3) is 0.800. The van der Waals surface area contributed by atoms with E-state index in [4.69, 9.17) is 0 Å². The van der Waals surface area contributed by atoms with Gasteiger partial charge in [-0.2, -0.15) is 0 Å². The summed E-state index contributed by atoms with van der Waals surface area (Å²) in [5.41, 5.74) is 0. The number of rotatable bonds is 0. The van der Waals surface area contributed by atoms with Gasteiger partial charge in [0.05, 0.1) is 6.10 Å². The Bertz CT molecular complexity index is 117. The third-order valence-corrected chi connectivity index (χ3v) is 3.53. The van der Waals surface area contributed by atoms with Crippen molar-refractivity contribution >= 4 is 0 Å². The van der Waals surface area contributed by atoms with Gasteiger partial charge in [0.1, 0.15) is 0 Å². The summed E-state index contributed by atoms with van der Waals surface area (Å²) in [7, 11) is 0. The molecule has 0 aromatic carbocycles. The van der Waals surface area contributed by atoms with Crippen LogP contribution in [0.1, 0.15) is 32.6 Å². The second-order valence-corrected chi connectivity index (χ2v) is 4.03.